The van der Waals surface area contributed by atoms with Crippen LogP contribution in [0.1, 0.15) is 19.4 Å². The number of benzene rings is 1. The van der Waals surface area contributed by atoms with Crippen molar-refractivity contribution in [1.82, 2.24) is 14.9 Å². The van der Waals surface area contributed by atoms with Gasteiger partial charge in [0, 0.05) is 61.0 Å². The lowest BCUT2D eigenvalue weighted by Crippen LogP contribution is -2.40. The van der Waals surface area contributed by atoms with Crippen molar-refractivity contribution in [2.45, 2.75) is 20.0 Å². The molecule has 1 amide bonds. The van der Waals surface area contributed by atoms with Crippen LogP contribution in [0.25, 0.3) is 27.6 Å². The minimum Gasteiger partial charge on any atom is -0.477 e. The summed E-state index contributed by atoms with van der Waals surface area (Å²) in [5.41, 5.74) is 3.82. The van der Waals surface area contributed by atoms with E-state index in [0.717, 1.165) is 22.1 Å². The third kappa shape index (κ3) is 3.39. The first-order valence-corrected chi connectivity index (χ1v) is 10.1. The number of anilines is 1. The SMILES string of the molecule is CN/C=C(\C=N)c1cc2c(c(-c3cn(C)c(=O)c4[nH]ccc34)c1)OC(C(C)C)C(=O)N2. The average molecular weight is 419 g/mol. The van der Waals surface area contributed by atoms with E-state index in [4.69, 9.17) is 10.1 Å². The Morgan fingerprint density at radius 1 is 1.29 bits per heavy atom. The molecule has 1 aliphatic rings. The number of pyridine rings is 1. The monoisotopic (exact) mass is 419 g/mol. The summed E-state index contributed by atoms with van der Waals surface area (Å²) in [6.45, 7) is 3.87. The van der Waals surface area contributed by atoms with Crippen LogP contribution in [0.15, 0.2) is 41.6 Å². The highest BCUT2D eigenvalue weighted by atomic mass is 16.5. The van der Waals surface area contributed by atoms with Gasteiger partial charge in [-0.2, -0.15) is 0 Å². The Balaban J connectivity index is 2.05. The van der Waals surface area contributed by atoms with Gasteiger partial charge in [-0.3, -0.25) is 9.59 Å². The molecule has 1 unspecified atom stereocenters. The van der Waals surface area contributed by atoms with Crippen LogP contribution < -0.4 is 20.9 Å². The number of hydrogen-bond donors (Lipinski definition) is 4. The second-order valence-corrected chi connectivity index (χ2v) is 7.93. The predicted molar refractivity (Wildman–Crippen MR) is 123 cm³/mol. The Kier molecular flexibility index (Phi) is 5.14. The Labute approximate surface area is 179 Å². The van der Waals surface area contributed by atoms with Crippen molar-refractivity contribution in [2.24, 2.45) is 13.0 Å². The molecule has 0 spiro atoms. The maximum atomic E-state index is 12.6. The van der Waals surface area contributed by atoms with E-state index in [9.17, 15) is 9.59 Å². The average Bonchev–Trinajstić information content (AvgIpc) is 3.23. The number of rotatable bonds is 5. The number of fused-ring (bicyclic) bond motifs is 2. The van der Waals surface area contributed by atoms with E-state index in [1.54, 1.807) is 38.8 Å². The third-order valence-corrected chi connectivity index (χ3v) is 5.43. The van der Waals surface area contributed by atoms with Gasteiger partial charge in [-0.15, -0.1) is 0 Å². The van der Waals surface area contributed by atoms with Crippen LogP contribution in [0.3, 0.4) is 0 Å². The lowest BCUT2D eigenvalue weighted by Gasteiger charge is -2.30. The minimum atomic E-state index is -0.624. The van der Waals surface area contributed by atoms with Crippen molar-refractivity contribution in [3.05, 3.63) is 52.7 Å². The smallest absolute Gasteiger partial charge is 0.274 e. The zero-order valence-electron chi connectivity index (χ0n) is 17.9. The fourth-order valence-electron chi connectivity index (χ4n) is 3.89. The number of aromatic amines is 1. The highest BCUT2D eigenvalue weighted by Crippen LogP contribution is 2.44. The van der Waals surface area contributed by atoms with Crippen LogP contribution in [0.2, 0.25) is 0 Å². The summed E-state index contributed by atoms with van der Waals surface area (Å²) in [5.74, 6) is 0.332. The number of allylic oxidation sites excluding steroid dienone is 1. The van der Waals surface area contributed by atoms with Gasteiger partial charge in [-0.05, 0) is 29.7 Å². The molecule has 3 heterocycles. The topological polar surface area (TPSA) is 112 Å². The first-order chi connectivity index (χ1) is 14.8. The highest BCUT2D eigenvalue weighted by molar-refractivity contribution is 6.11. The third-order valence-electron chi connectivity index (χ3n) is 5.43. The molecule has 1 aromatic carbocycles. The van der Waals surface area contributed by atoms with Crippen LogP contribution in [-0.4, -0.2) is 34.8 Å². The van der Waals surface area contributed by atoms with Gasteiger partial charge < -0.3 is 30.3 Å². The summed E-state index contributed by atoms with van der Waals surface area (Å²) in [4.78, 5) is 28.2. The number of nitrogens with zero attached hydrogens (tertiary/aromatic N) is 1. The number of H-pyrrole nitrogens is 1. The summed E-state index contributed by atoms with van der Waals surface area (Å²) in [6, 6.07) is 5.58. The Hall–Kier alpha value is -3.81. The Morgan fingerprint density at radius 3 is 2.74 bits per heavy atom. The molecule has 1 aliphatic heterocycles. The first-order valence-electron chi connectivity index (χ1n) is 10.1. The molecule has 0 saturated carbocycles. The molecule has 0 fully saturated rings. The number of carbonyl (C=O) groups is 1. The lowest BCUT2D eigenvalue weighted by molar-refractivity contribution is -0.125. The largest absolute Gasteiger partial charge is 0.477 e. The molecule has 0 aliphatic carbocycles. The van der Waals surface area contributed by atoms with E-state index in [2.05, 4.69) is 15.6 Å². The van der Waals surface area contributed by atoms with E-state index in [1.165, 1.54) is 10.8 Å². The Morgan fingerprint density at radius 2 is 2.06 bits per heavy atom. The van der Waals surface area contributed by atoms with Gasteiger partial charge in [0.05, 0.1) is 5.69 Å². The van der Waals surface area contributed by atoms with Crippen molar-refractivity contribution >= 4 is 34.3 Å². The van der Waals surface area contributed by atoms with E-state index in [1.807, 2.05) is 26.0 Å². The molecule has 4 rings (SSSR count). The van der Waals surface area contributed by atoms with Crippen molar-refractivity contribution in [1.29, 1.82) is 5.41 Å². The summed E-state index contributed by atoms with van der Waals surface area (Å²) in [7, 11) is 3.46. The molecule has 3 aromatic rings. The van der Waals surface area contributed by atoms with Gasteiger partial charge in [0.2, 0.25) is 0 Å². The molecule has 0 bridgehead atoms. The van der Waals surface area contributed by atoms with Crippen molar-refractivity contribution < 1.29 is 9.53 Å². The number of amides is 1. The minimum absolute atomic E-state index is 0.0191. The van der Waals surface area contributed by atoms with Crippen LogP contribution >= 0.6 is 0 Å². The van der Waals surface area contributed by atoms with Gasteiger partial charge in [-0.1, -0.05) is 13.8 Å². The number of carbonyl (C=O) groups excluding carboxylic acids is 1. The molecule has 2 aromatic heterocycles. The molecule has 0 saturated heterocycles. The van der Waals surface area contributed by atoms with Gasteiger partial charge in [-0.25, -0.2) is 0 Å². The summed E-state index contributed by atoms with van der Waals surface area (Å²) in [6.07, 6.45) is 5.84. The van der Waals surface area contributed by atoms with Crippen LogP contribution in [-0.2, 0) is 11.8 Å². The van der Waals surface area contributed by atoms with Crippen LogP contribution in [0.5, 0.6) is 5.75 Å². The number of hydrogen-bond acceptors (Lipinski definition) is 5. The molecule has 0 radical (unpaired) electrons. The summed E-state index contributed by atoms with van der Waals surface area (Å²) >= 11 is 0. The fraction of sp³-hybridized carbons (Fsp3) is 0.261. The van der Waals surface area contributed by atoms with Gasteiger partial charge in [0.15, 0.2) is 11.9 Å². The van der Waals surface area contributed by atoms with Crippen LogP contribution in [0, 0.1) is 11.3 Å². The summed E-state index contributed by atoms with van der Waals surface area (Å²) in [5, 5.41) is 14.5. The standard InChI is InChI=1S/C23H25N5O3/c1-12(2)20-22(29)27-18-8-13(14(9-24)10-25-3)7-16(21(18)31-20)17-11-28(4)23(30)19-15(17)5-6-26-19/h5-12,20,24-26H,1-4H3,(H,27,29)/b14-10+,24-9?. The molecule has 8 heteroatoms. The molecular weight excluding hydrogens is 394 g/mol. The van der Waals surface area contributed by atoms with Crippen LogP contribution in [0.4, 0.5) is 5.69 Å². The second-order valence-electron chi connectivity index (χ2n) is 7.93. The molecule has 8 nitrogen and oxygen atoms in total. The zero-order chi connectivity index (χ0) is 22.3. The zero-order valence-corrected chi connectivity index (χ0v) is 17.9. The molecule has 160 valence electrons. The van der Waals surface area contributed by atoms with Gasteiger partial charge >= 0.3 is 0 Å². The highest BCUT2D eigenvalue weighted by Gasteiger charge is 2.33. The number of aromatic nitrogens is 2. The number of nitrogens with one attached hydrogen (secondary N) is 4. The number of aryl methyl sites for hydroxylation is 1. The second kappa shape index (κ2) is 7.79. The van der Waals surface area contributed by atoms with Crippen molar-refractivity contribution in [2.75, 3.05) is 12.4 Å². The van der Waals surface area contributed by atoms with E-state index in [-0.39, 0.29) is 17.4 Å². The molecule has 4 N–H and O–H groups in total. The van der Waals surface area contributed by atoms with Crippen molar-refractivity contribution in [3.63, 3.8) is 0 Å². The van der Waals surface area contributed by atoms with E-state index >= 15 is 0 Å². The normalized spacial score (nSPS) is 16.1. The lowest BCUT2D eigenvalue weighted by atomic mass is 9.94. The maximum absolute atomic E-state index is 12.6. The quantitative estimate of drug-likeness (QED) is 0.476. The van der Waals surface area contributed by atoms with E-state index < -0.39 is 6.10 Å². The molecule has 31 heavy (non-hydrogen) atoms. The maximum Gasteiger partial charge on any atom is 0.274 e. The molecule has 1 atom stereocenters. The summed E-state index contributed by atoms with van der Waals surface area (Å²) < 4.78 is 7.74. The fourth-order valence-corrected chi connectivity index (χ4v) is 3.89. The first kappa shape index (κ1) is 20.5. The molecular formula is C23H25N5O3. The van der Waals surface area contributed by atoms with Crippen molar-refractivity contribution in [3.8, 4) is 16.9 Å². The Bertz CT molecular complexity index is 1280. The predicted octanol–water partition coefficient (Wildman–Crippen LogP) is 3.10. The van der Waals surface area contributed by atoms with Gasteiger partial charge in [0.25, 0.3) is 11.5 Å². The number of ether oxygens (including phenoxy) is 1. The van der Waals surface area contributed by atoms with Gasteiger partial charge in [0.1, 0.15) is 5.52 Å². The van der Waals surface area contributed by atoms with E-state index in [0.29, 0.717) is 22.5 Å².